The van der Waals surface area contributed by atoms with Gasteiger partial charge < -0.3 is 34.8 Å². The highest BCUT2D eigenvalue weighted by Gasteiger charge is 2.21. The first-order valence-corrected chi connectivity index (χ1v) is 12.2. The number of aliphatic hydroxyl groups is 2. The van der Waals surface area contributed by atoms with Crippen LogP contribution in [0.3, 0.4) is 0 Å². The summed E-state index contributed by atoms with van der Waals surface area (Å²) in [5.74, 6) is 1.44. The van der Waals surface area contributed by atoms with Crippen molar-refractivity contribution in [3.8, 4) is 17.2 Å². The Bertz CT molecular complexity index is 1130. The van der Waals surface area contributed by atoms with Crippen LogP contribution in [0.1, 0.15) is 28.4 Å². The minimum atomic E-state index is -0.741. The van der Waals surface area contributed by atoms with Crippen molar-refractivity contribution in [3.63, 3.8) is 0 Å². The molecule has 4 N–H and O–H groups in total. The molecule has 0 saturated carbocycles. The molecule has 9 heteroatoms. The molecular weight excluding hydrogens is 516 g/mol. The molecule has 2 aromatic carbocycles. The Balaban J connectivity index is 1.22. The van der Waals surface area contributed by atoms with E-state index in [0.717, 1.165) is 27.8 Å². The number of aliphatic hydroxyl groups excluding tert-OH is 2. The van der Waals surface area contributed by atoms with E-state index in [1.54, 1.807) is 24.5 Å². The molecule has 0 bridgehead atoms. The van der Waals surface area contributed by atoms with Crippen LogP contribution in [0, 0.1) is 0 Å². The fourth-order valence-corrected chi connectivity index (χ4v) is 4.18. The predicted octanol–water partition coefficient (Wildman–Crippen LogP) is 3.26. The van der Waals surface area contributed by atoms with E-state index in [0.29, 0.717) is 49.8 Å². The fraction of sp³-hybridized carbons (Fsp3) is 0.346. The van der Waals surface area contributed by atoms with Gasteiger partial charge in [-0.15, -0.1) is 0 Å². The van der Waals surface area contributed by atoms with Crippen LogP contribution in [-0.4, -0.2) is 52.7 Å². The van der Waals surface area contributed by atoms with Crippen LogP contribution >= 0.6 is 15.9 Å². The van der Waals surface area contributed by atoms with Crippen LogP contribution < -0.4 is 14.8 Å². The van der Waals surface area contributed by atoms with Crippen LogP contribution in [0.25, 0.3) is 0 Å². The number of benzene rings is 2. The molecule has 0 saturated heterocycles. The number of halogens is 1. The molecule has 35 heavy (non-hydrogen) atoms. The quantitative estimate of drug-likeness (QED) is 0.272. The average Bonchev–Trinajstić information content (AvgIpc) is 2.86. The minimum Gasteiger partial charge on any atom is -0.508 e. The Labute approximate surface area is 212 Å². The largest absolute Gasteiger partial charge is 0.508 e. The number of phenols is 1. The molecular formula is C26H29BrN2O6. The minimum absolute atomic E-state index is 0.0190. The van der Waals surface area contributed by atoms with Crippen LogP contribution in [-0.2, 0) is 24.4 Å². The van der Waals surface area contributed by atoms with Gasteiger partial charge >= 0.3 is 0 Å². The maximum atomic E-state index is 10.4. The highest BCUT2D eigenvalue weighted by atomic mass is 79.9. The van der Waals surface area contributed by atoms with Gasteiger partial charge in [-0.05, 0) is 75.9 Å². The highest BCUT2D eigenvalue weighted by molar-refractivity contribution is 9.10. The van der Waals surface area contributed by atoms with Crippen molar-refractivity contribution < 1.29 is 29.5 Å². The van der Waals surface area contributed by atoms with Crippen LogP contribution in [0.15, 0.2) is 59.3 Å². The van der Waals surface area contributed by atoms with E-state index in [4.69, 9.17) is 14.2 Å². The standard InChI is InChI=1S/C26H29BrN2O6/c27-21-7-18(10-29-11-21)14-33-15-22-16-34-25-4-1-17(8-26(25)35-22)5-6-28-12-24(32)19-2-3-23(31)20(9-19)13-30/h1-4,7-11,22,24,28,30-32H,5-6,12-16H2. The lowest BCUT2D eigenvalue weighted by Crippen LogP contribution is -2.33. The predicted molar refractivity (Wildman–Crippen MR) is 134 cm³/mol. The second-order valence-electron chi connectivity index (χ2n) is 8.37. The Hall–Kier alpha value is -2.69. The molecule has 1 aliphatic rings. The summed E-state index contributed by atoms with van der Waals surface area (Å²) in [4.78, 5) is 4.13. The molecule has 186 valence electrons. The van der Waals surface area contributed by atoms with Crippen molar-refractivity contribution in [2.75, 3.05) is 26.3 Å². The summed E-state index contributed by atoms with van der Waals surface area (Å²) in [5, 5.41) is 32.6. The summed E-state index contributed by atoms with van der Waals surface area (Å²) in [6.45, 7) is 2.02. The summed E-state index contributed by atoms with van der Waals surface area (Å²) < 4.78 is 18.6. The molecule has 3 aromatic rings. The second kappa shape index (κ2) is 12.3. The first-order valence-electron chi connectivity index (χ1n) is 11.4. The van der Waals surface area contributed by atoms with E-state index in [1.807, 2.05) is 24.3 Å². The van der Waals surface area contributed by atoms with Crippen LogP contribution in [0.2, 0.25) is 0 Å². The smallest absolute Gasteiger partial charge is 0.162 e. The van der Waals surface area contributed by atoms with Crippen molar-refractivity contribution in [2.45, 2.75) is 31.8 Å². The SMILES string of the molecule is OCc1cc(C(O)CNCCc2ccc3c(c2)OC(COCc2cncc(Br)c2)CO3)ccc1O. The lowest BCUT2D eigenvalue weighted by Gasteiger charge is -2.27. The van der Waals surface area contributed by atoms with Gasteiger partial charge in [0.25, 0.3) is 0 Å². The topological polar surface area (TPSA) is 113 Å². The zero-order valence-electron chi connectivity index (χ0n) is 19.2. The Morgan fingerprint density at radius 2 is 2.00 bits per heavy atom. The molecule has 1 aromatic heterocycles. The summed E-state index contributed by atoms with van der Waals surface area (Å²) in [6.07, 6.45) is 3.32. The molecule has 4 rings (SSSR count). The first-order chi connectivity index (χ1) is 17.0. The molecule has 2 atom stereocenters. The van der Waals surface area contributed by atoms with Gasteiger partial charge in [-0.3, -0.25) is 4.98 Å². The number of ether oxygens (including phenoxy) is 3. The van der Waals surface area contributed by atoms with Gasteiger partial charge in [-0.25, -0.2) is 0 Å². The molecule has 2 unspecified atom stereocenters. The summed E-state index contributed by atoms with van der Waals surface area (Å²) in [5.41, 5.74) is 3.11. The van der Waals surface area contributed by atoms with E-state index in [1.165, 1.54) is 6.07 Å². The lowest BCUT2D eigenvalue weighted by atomic mass is 10.1. The Morgan fingerprint density at radius 1 is 1.11 bits per heavy atom. The van der Waals surface area contributed by atoms with Gasteiger partial charge in [0.15, 0.2) is 17.6 Å². The monoisotopic (exact) mass is 544 g/mol. The summed E-state index contributed by atoms with van der Waals surface area (Å²) in [6, 6.07) is 12.6. The van der Waals surface area contributed by atoms with Crippen LogP contribution in [0.4, 0.5) is 0 Å². The molecule has 0 amide bonds. The zero-order valence-corrected chi connectivity index (χ0v) is 20.8. The molecule has 8 nitrogen and oxygen atoms in total. The van der Waals surface area contributed by atoms with Gasteiger partial charge in [0, 0.05) is 29.0 Å². The zero-order chi connectivity index (χ0) is 24.6. The third-order valence-electron chi connectivity index (χ3n) is 5.65. The third-order valence-corrected chi connectivity index (χ3v) is 6.08. The van der Waals surface area contributed by atoms with Crippen molar-refractivity contribution in [1.29, 1.82) is 0 Å². The van der Waals surface area contributed by atoms with Crippen LogP contribution in [0.5, 0.6) is 17.2 Å². The molecule has 2 heterocycles. The number of aromatic nitrogens is 1. The molecule has 0 fully saturated rings. The van der Waals surface area contributed by atoms with Crippen molar-refractivity contribution in [1.82, 2.24) is 10.3 Å². The highest BCUT2D eigenvalue weighted by Crippen LogP contribution is 2.33. The van der Waals surface area contributed by atoms with E-state index < -0.39 is 6.10 Å². The fourth-order valence-electron chi connectivity index (χ4n) is 3.77. The van der Waals surface area contributed by atoms with Gasteiger partial charge in [0.2, 0.25) is 0 Å². The first kappa shape index (κ1) is 25.4. The van der Waals surface area contributed by atoms with Crippen molar-refractivity contribution in [3.05, 3.63) is 81.6 Å². The number of pyridine rings is 1. The number of fused-ring (bicyclic) bond motifs is 1. The van der Waals surface area contributed by atoms with Crippen molar-refractivity contribution >= 4 is 15.9 Å². The van der Waals surface area contributed by atoms with Gasteiger partial charge in [-0.1, -0.05) is 12.1 Å². The normalized spacial score (nSPS) is 15.7. The number of hydrogen-bond acceptors (Lipinski definition) is 8. The maximum absolute atomic E-state index is 10.4. The third kappa shape index (κ3) is 7.16. The number of rotatable bonds is 11. The number of nitrogens with zero attached hydrogens (tertiary/aromatic N) is 1. The maximum Gasteiger partial charge on any atom is 0.162 e. The van der Waals surface area contributed by atoms with E-state index in [9.17, 15) is 15.3 Å². The average molecular weight is 545 g/mol. The lowest BCUT2D eigenvalue weighted by molar-refractivity contribution is 0.00259. The van der Waals surface area contributed by atoms with Gasteiger partial charge in [0.1, 0.15) is 12.4 Å². The van der Waals surface area contributed by atoms with Gasteiger partial charge in [-0.2, -0.15) is 0 Å². The summed E-state index contributed by atoms with van der Waals surface area (Å²) in [7, 11) is 0. The molecule has 0 aliphatic carbocycles. The van der Waals surface area contributed by atoms with Gasteiger partial charge in [0.05, 0.1) is 25.9 Å². The van der Waals surface area contributed by atoms with E-state index in [-0.39, 0.29) is 18.5 Å². The van der Waals surface area contributed by atoms with E-state index in [2.05, 4.69) is 26.2 Å². The number of hydrogen-bond donors (Lipinski definition) is 4. The second-order valence-corrected chi connectivity index (χ2v) is 9.29. The molecule has 0 radical (unpaired) electrons. The molecule has 1 aliphatic heterocycles. The number of aromatic hydroxyl groups is 1. The Morgan fingerprint density at radius 3 is 2.83 bits per heavy atom. The molecule has 0 spiro atoms. The number of nitrogens with one attached hydrogen (secondary N) is 1. The van der Waals surface area contributed by atoms with E-state index >= 15 is 0 Å². The summed E-state index contributed by atoms with van der Waals surface area (Å²) >= 11 is 3.41. The van der Waals surface area contributed by atoms with Crippen molar-refractivity contribution in [2.24, 2.45) is 0 Å². The Kier molecular flexibility index (Phi) is 8.95.